The Labute approximate surface area is 112 Å². The summed E-state index contributed by atoms with van der Waals surface area (Å²) >= 11 is 0. The third kappa shape index (κ3) is 2.33. The molecule has 0 radical (unpaired) electrons. The Morgan fingerprint density at radius 2 is 1.67 bits per heavy atom. The molecule has 3 nitrogen and oxygen atoms in total. The minimum absolute atomic E-state index is 0.591. The third-order valence-electron chi connectivity index (χ3n) is 5.60. The van der Waals surface area contributed by atoms with Gasteiger partial charge in [0.25, 0.3) is 0 Å². The molecule has 0 amide bonds. The third-order valence-corrected chi connectivity index (χ3v) is 5.60. The molecule has 2 heterocycles. The van der Waals surface area contributed by atoms with Crippen LogP contribution in [0, 0.1) is 0 Å². The molecule has 1 saturated carbocycles. The minimum Gasteiger partial charge on any atom is -0.301 e. The van der Waals surface area contributed by atoms with Crippen LogP contribution in [0.5, 0.6) is 0 Å². The zero-order chi connectivity index (χ0) is 12.8. The summed E-state index contributed by atoms with van der Waals surface area (Å²) in [5, 5.41) is 0. The molecular weight excluding hydrogens is 222 g/mol. The van der Waals surface area contributed by atoms with Gasteiger partial charge in [-0.25, -0.2) is 0 Å². The van der Waals surface area contributed by atoms with Gasteiger partial charge in [-0.2, -0.15) is 0 Å². The molecule has 0 aromatic rings. The number of likely N-dealkylation sites (N-methyl/N-ethyl adjacent to an activating group) is 1. The highest BCUT2D eigenvalue weighted by molar-refractivity contribution is 5.08. The molecule has 3 aliphatic rings. The van der Waals surface area contributed by atoms with E-state index in [9.17, 15) is 0 Å². The van der Waals surface area contributed by atoms with Crippen LogP contribution in [-0.2, 0) is 0 Å². The Balaban J connectivity index is 1.54. The lowest BCUT2D eigenvalue weighted by atomic mass is 9.99. The maximum absolute atomic E-state index is 2.81. The zero-order valence-corrected chi connectivity index (χ0v) is 12.4. The Morgan fingerprint density at radius 1 is 1.00 bits per heavy atom. The van der Waals surface area contributed by atoms with Crippen LogP contribution in [-0.4, -0.2) is 72.1 Å². The fourth-order valence-corrected chi connectivity index (χ4v) is 3.86. The largest absolute Gasteiger partial charge is 0.301 e. The number of nitrogens with zero attached hydrogens (tertiary/aromatic N) is 3. The van der Waals surface area contributed by atoms with Gasteiger partial charge in [0.1, 0.15) is 0 Å². The van der Waals surface area contributed by atoms with Gasteiger partial charge < -0.3 is 4.90 Å². The molecular formula is C15H29N3. The maximum atomic E-state index is 2.81. The van der Waals surface area contributed by atoms with Crippen LogP contribution in [0.1, 0.15) is 39.5 Å². The van der Waals surface area contributed by atoms with E-state index >= 15 is 0 Å². The summed E-state index contributed by atoms with van der Waals surface area (Å²) in [6.07, 6.45) is 5.64. The first kappa shape index (κ1) is 12.9. The topological polar surface area (TPSA) is 9.72 Å². The molecule has 1 spiro atoms. The van der Waals surface area contributed by atoms with Crippen molar-refractivity contribution in [3.8, 4) is 0 Å². The van der Waals surface area contributed by atoms with Gasteiger partial charge in [0.2, 0.25) is 0 Å². The quantitative estimate of drug-likeness (QED) is 0.739. The van der Waals surface area contributed by atoms with Gasteiger partial charge in [-0.3, -0.25) is 9.80 Å². The minimum atomic E-state index is 0.591. The van der Waals surface area contributed by atoms with E-state index in [0.717, 1.165) is 12.1 Å². The molecule has 3 heteroatoms. The smallest absolute Gasteiger partial charge is 0.0335 e. The molecule has 0 unspecified atom stereocenters. The molecule has 104 valence electrons. The normalized spacial score (nSPS) is 31.3. The second-order valence-electron chi connectivity index (χ2n) is 6.98. The Hall–Kier alpha value is -0.120. The van der Waals surface area contributed by atoms with E-state index in [0.29, 0.717) is 5.54 Å². The molecule has 18 heavy (non-hydrogen) atoms. The van der Waals surface area contributed by atoms with Gasteiger partial charge in [0, 0.05) is 37.3 Å². The second-order valence-corrected chi connectivity index (χ2v) is 6.98. The second kappa shape index (κ2) is 4.77. The van der Waals surface area contributed by atoms with Crippen molar-refractivity contribution in [2.45, 2.75) is 57.2 Å². The van der Waals surface area contributed by atoms with Gasteiger partial charge in [0.05, 0.1) is 0 Å². The molecule has 2 aliphatic heterocycles. The first-order valence-corrected chi connectivity index (χ1v) is 7.80. The van der Waals surface area contributed by atoms with Crippen LogP contribution in [0.2, 0.25) is 0 Å². The van der Waals surface area contributed by atoms with Crippen LogP contribution in [0.15, 0.2) is 0 Å². The molecule has 0 atom stereocenters. The Bertz CT molecular complexity index is 290. The van der Waals surface area contributed by atoms with E-state index in [2.05, 4.69) is 35.6 Å². The van der Waals surface area contributed by atoms with Crippen molar-refractivity contribution in [1.29, 1.82) is 0 Å². The van der Waals surface area contributed by atoms with Crippen LogP contribution >= 0.6 is 0 Å². The standard InChI is InChI=1S/C15H29N3/c1-13(2)17-8-4-14(5-9-17)18-11-10-16(3)15(12-18)6-7-15/h13-14H,4-12H2,1-3H3. The predicted octanol–water partition coefficient (Wildman–Crippen LogP) is 1.64. The van der Waals surface area contributed by atoms with Gasteiger partial charge in [-0.1, -0.05) is 0 Å². The first-order valence-electron chi connectivity index (χ1n) is 7.80. The summed E-state index contributed by atoms with van der Waals surface area (Å²) in [6.45, 7) is 11.2. The highest BCUT2D eigenvalue weighted by atomic mass is 15.3. The van der Waals surface area contributed by atoms with Crippen molar-refractivity contribution in [2.75, 3.05) is 39.8 Å². The maximum Gasteiger partial charge on any atom is 0.0335 e. The predicted molar refractivity (Wildman–Crippen MR) is 75.9 cm³/mol. The number of piperidine rings is 1. The lowest BCUT2D eigenvalue weighted by Crippen LogP contribution is -2.58. The SMILES string of the molecule is CC(C)N1CCC(N2CCN(C)C3(CC3)C2)CC1. The molecule has 3 rings (SSSR count). The average molecular weight is 251 g/mol. The summed E-state index contributed by atoms with van der Waals surface area (Å²) in [5.41, 5.74) is 0.591. The molecule has 0 N–H and O–H groups in total. The fourth-order valence-electron chi connectivity index (χ4n) is 3.86. The number of rotatable bonds is 2. The summed E-state index contributed by atoms with van der Waals surface area (Å²) in [5.74, 6) is 0. The van der Waals surface area contributed by atoms with Crippen molar-refractivity contribution < 1.29 is 0 Å². The molecule has 2 saturated heterocycles. The monoisotopic (exact) mass is 251 g/mol. The van der Waals surface area contributed by atoms with E-state index in [1.165, 1.54) is 58.4 Å². The highest BCUT2D eigenvalue weighted by Gasteiger charge is 2.50. The van der Waals surface area contributed by atoms with E-state index in [1.807, 2.05) is 0 Å². The molecule has 0 aromatic heterocycles. The molecule has 0 bridgehead atoms. The van der Waals surface area contributed by atoms with Crippen molar-refractivity contribution in [3.05, 3.63) is 0 Å². The van der Waals surface area contributed by atoms with E-state index in [4.69, 9.17) is 0 Å². The number of piperazine rings is 1. The lowest BCUT2D eigenvalue weighted by molar-refractivity contribution is 0.0224. The summed E-state index contributed by atoms with van der Waals surface area (Å²) in [7, 11) is 2.33. The zero-order valence-electron chi connectivity index (χ0n) is 12.4. The van der Waals surface area contributed by atoms with Crippen LogP contribution in [0.25, 0.3) is 0 Å². The Kier molecular flexibility index (Phi) is 3.41. The van der Waals surface area contributed by atoms with Gasteiger partial charge in [0.15, 0.2) is 0 Å². The van der Waals surface area contributed by atoms with Crippen molar-refractivity contribution in [1.82, 2.24) is 14.7 Å². The molecule has 0 aromatic carbocycles. The van der Waals surface area contributed by atoms with E-state index in [-0.39, 0.29) is 0 Å². The van der Waals surface area contributed by atoms with Crippen molar-refractivity contribution >= 4 is 0 Å². The van der Waals surface area contributed by atoms with E-state index in [1.54, 1.807) is 0 Å². The lowest BCUT2D eigenvalue weighted by Gasteiger charge is -2.46. The first-order chi connectivity index (χ1) is 8.61. The number of hydrogen-bond acceptors (Lipinski definition) is 3. The van der Waals surface area contributed by atoms with Gasteiger partial charge in [-0.15, -0.1) is 0 Å². The van der Waals surface area contributed by atoms with Crippen LogP contribution in [0.4, 0.5) is 0 Å². The van der Waals surface area contributed by atoms with Gasteiger partial charge in [-0.05, 0) is 59.7 Å². The van der Waals surface area contributed by atoms with Crippen molar-refractivity contribution in [3.63, 3.8) is 0 Å². The highest BCUT2D eigenvalue weighted by Crippen LogP contribution is 2.44. The van der Waals surface area contributed by atoms with Crippen LogP contribution < -0.4 is 0 Å². The van der Waals surface area contributed by atoms with Gasteiger partial charge >= 0.3 is 0 Å². The number of likely N-dealkylation sites (tertiary alicyclic amines) is 1. The summed E-state index contributed by atoms with van der Waals surface area (Å²) in [6, 6.07) is 1.60. The summed E-state index contributed by atoms with van der Waals surface area (Å²) in [4.78, 5) is 8.07. The molecule has 3 fully saturated rings. The van der Waals surface area contributed by atoms with E-state index < -0.39 is 0 Å². The average Bonchev–Trinajstić information content (AvgIpc) is 3.14. The fraction of sp³-hybridized carbons (Fsp3) is 1.00. The Morgan fingerprint density at radius 3 is 2.22 bits per heavy atom. The summed E-state index contributed by atoms with van der Waals surface area (Å²) < 4.78 is 0. The molecule has 1 aliphatic carbocycles. The van der Waals surface area contributed by atoms with Crippen molar-refractivity contribution in [2.24, 2.45) is 0 Å². The number of hydrogen-bond donors (Lipinski definition) is 0. The van der Waals surface area contributed by atoms with Crippen LogP contribution in [0.3, 0.4) is 0 Å².